The molecule has 21 heavy (non-hydrogen) atoms. The van der Waals surface area contributed by atoms with Crippen LogP contribution in [0.1, 0.15) is 43.5 Å². The lowest BCUT2D eigenvalue weighted by atomic mass is 9.96. The SMILES string of the molecule is CC(C)CC(NCC(O)c1ccccc1)c1ccccc1. The van der Waals surface area contributed by atoms with Crippen LogP contribution in [0.3, 0.4) is 0 Å². The molecule has 2 nitrogen and oxygen atoms in total. The largest absolute Gasteiger partial charge is 0.387 e. The van der Waals surface area contributed by atoms with E-state index in [2.05, 4.69) is 43.4 Å². The summed E-state index contributed by atoms with van der Waals surface area (Å²) >= 11 is 0. The van der Waals surface area contributed by atoms with Crippen molar-refractivity contribution in [3.8, 4) is 0 Å². The van der Waals surface area contributed by atoms with Crippen LogP contribution in [0.5, 0.6) is 0 Å². The summed E-state index contributed by atoms with van der Waals surface area (Å²) in [5.41, 5.74) is 2.24. The van der Waals surface area contributed by atoms with Gasteiger partial charge < -0.3 is 10.4 Å². The molecule has 0 saturated heterocycles. The molecule has 0 aliphatic heterocycles. The summed E-state index contributed by atoms with van der Waals surface area (Å²) in [5.74, 6) is 0.608. The Kier molecular flexibility index (Phi) is 5.97. The summed E-state index contributed by atoms with van der Waals surface area (Å²) < 4.78 is 0. The maximum absolute atomic E-state index is 10.3. The first-order valence-corrected chi connectivity index (χ1v) is 7.68. The molecule has 2 N–H and O–H groups in total. The van der Waals surface area contributed by atoms with E-state index < -0.39 is 6.10 Å². The predicted molar refractivity (Wildman–Crippen MR) is 88.0 cm³/mol. The van der Waals surface area contributed by atoms with Crippen molar-refractivity contribution in [2.45, 2.75) is 32.4 Å². The summed E-state index contributed by atoms with van der Waals surface area (Å²) in [6, 6.07) is 20.6. The van der Waals surface area contributed by atoms with Crippen molar-refractivity contribution in [2.75, 3.05) is 6.54 Å². The van der Waals surface area contributed by atoms with Crippen LogP contribution in [-0.4, -0.2) is 11.7 Å². The fourth-order valence-electron chi connectivity index (χ4n) is 2.54. The monoisotopic (exact) mass is 283 g/mol. The lowest BCUT2D eigenvalue weighted by Crippen LogP contribution is -2.27. The molecule has 2 aromatic carbocycles. The highest BCUT2D eigenvalue weighted by atomic mass is 16.3. The second kappa shape index (κ2) is 7.96. The zero-order chi connectivity index (χ0) is 15.1. The smallest absolute Gasteiger partial charge is 0.0914 e. The number of rotatable bonds is 7. The molecule has 112 valence electrons. The molecule has 0 spiro atoms. The van der Waals surface area contributed by atoms with Crippen LogP contribution >= 0.6 is 0 Å². The third kappa shape index (κ3) is 5.00. The molecule has 0 radical (unpaired) electrons. The molecule has 0 saturated carbocycles. The minimum Gasteiger partial charge on any atom is -0.387 e. The maximum Gasteiger partial charge on any atom is 0.0914 e. The van der Waals surface area contributed by atoms with Gasteiger partial charge in [0.2, 0.25) is 0 Å². The fraction of sp³-hybridized carbons (Fsp3) is 0.368. The molecular weight excluding hydrogens is 258 g/mol. The highest BCUT2D eigenvalue weighted by Gasteiger charge is 2.15. The predicted octanol–water partition coefficient (Wildman–Crippen LogP) is 4.10. The summed E-state index contributed by atoms with van der Waals surface area (Å²) in [6.07, 6.45) is 0.593. The van der Waals surface area contributed by atoms with Gasteiger partial charge in [-0.25, -0.2) is 0 Å². The molecule has 0 bridgehead atoms. The first kappa shape index (κ1) is 15.7. The maximum atomic E-state index is 10.3. The molecule has 0 fully saturated rings. The molecular formula is C19H25NO. The summed E-state index contributed by atoms with van der Waals surface area (Å²) in [7, 11) is 0. The first-order chi connectivity index (χ1) is 10.2. The van der Waals surface area contributed by atoms with Crippen LogP contribution in [0, 0.1) is 5.92 Å². The number of benzene rings is 2. The van der Waals surface area contributed by atoms with Gasteiger partial charge in [0.25, 0.3) is 0 Å². The molecule has 2 rings (SSSR count). The number of nitrogens with one attached hydrogen (secondary N) is 1. The van der Waals surface area contributed by atoms with E-state index in [1.54, 1.807) is 0 Å². The molecule has 2 aromatic rings. The average molecular weight is 283 g/mol. The number of aliphatic hydroxyl groups excluding tert-OH is 1. The minimum atomic E-state index is -0.468. The van der Waals surface area contributed by atoms with Gasteiger partial charge in [-0.05, 0) is 23.5 Å². The van der Waals surface area contributed by atoms with Gasteiger partial charge in [-0.2, -0.15) is 0 Å². The summed E-state index contributed by atoms with van der Waals surface area (Å²) in [5, 5.41) is 13.8. The third-order valence-corrected chi connectivity index (χ3v) is 3.65. The van der Waals surface area contributed by atoms with Gasteiger partial charge in [-0.1, -0.05) is 74.5 Å². The van der Waals surface area contributed by atoms with Gasteiger partial charge in [0.05, 0.1) is 6.10 Å². The molecule has 0 amide bonds. The normalized spacial score (nSPS) is 14.1. The Morgan fingerprint density at radius 2 is 1.38 bits per heavy atom. The van der Waals surface area contributed by atoms with E-state index in [1.807, 2.05) is 36.4 Å². The van der Waals surface area contributed by atoms with E-state index in [-0.39, 0.29) is 6.04 Å². The van der Waals surface area contributed by atoms with Crippen LogP contribution in [0.4, 0.5) is 0 Å². The van der Waals surface area contributed by atoms with Crippen molar-refractivity contribution in [3.63, 3.8) is 0 Å². The Morgan fingerprint density at radius 1 is 0.857 bits per heavy atom. The Morgan fingerprint density at radius 3 is 1.90 bits per heavy atom. The van der Waals surface area contributed by atoms with Crippen LogP contribution < -0.4 is 5.32 Å². The van der Waals surface area contributed by atoms with Crippen LogP contribution in [-0.2, 0) is 0 Å². The van der Waals surface area contributed by atoms with E-state index in [4.69, 9.17) is 0 Å². The highest BCUT2D eigenvalue weighted by Crippen LogP contribution is 2.22. The lowest BCUT2D eigenvalue weighted by molar-refractivity contribution is 0.167. The Labute approximate surface area is 127 Å². The number of hydrogen-bond donors (Lipinski definition) is 2. The molecule has 2 unspecified atom stereocenters. The second-order valence-corrected chi connectivity index (χ2v) is 5.93. The molecule has 0 heterocycles. The van der Waals surface area contributed by atoms with Gasteiger partial charge in [-0.3, -0.25) is 0 Å². The quantitative estimate of drug-likeness (QED) is 0.802. The van der Waals surface area contributed by atoms with Gasteiger partial charge >= 0.3 is 0 Å². The van der Waals surface area contributed by atoms with Crippen molar-refractivity contribution in [2.24, 2.45) is 5.92 Å². The van der Waals surface area contributed by atoms with Crippen molar-refractivity contribution < 1.29 is 5.11 Å². The highest BCUT2D eigenvalue weighted by molar-refractivity contribution is 5.20. The molecule has 0 aliphatic rings. The van der Waals surface area contributed by atoms with Crippen molar-refractivity contribution in [1.29, 1.82) is 0 Å². The van der Waals surface area contributed by atoms with Gasteiger partial charge in [0.1, 0.15) is 0 Å². The van der Waals surface area contributed by atoms with Crippen molar-refractivity contribution >= 4 is 0 Å². The number of aliphatic hydroxyl groups is 1. The Balaban J connectivity index is 1.99. The Bertz CT molecular complexity index is 510. The van der Waals surface area contributed by atoms with Crippen molar-refractivity contribution in [3.05, 3.63) is 71.8 Å². The molecule has 2 atom stereocenters. The summed E-state index contributed by atoms with van der Waals surface area (Å²) in [6.45, 7) is 5.02. The van der Waals surface area contributed by atoms with E-state index >= 15 is 0 Å². The van der Waals surface area contributed by atoms with Crippen molar-refractivity contribution in [1.82, 2.24) is 5.32 Å². The molecule has 2 heteroatoms. The standard InChI is InChI=1S/C19H25NO/c1-15(2)13-18(16-9-5-3-6-10-16)20-14-19(21)17-11-7-4-8-12-17/h3-12,15,18-21H,13-14H2,1-2H3. The van der Waals surface area contributed by atoms with Gasteiger partial charge in [0, 0.05) is 12.6 Å². The zero-order valence-electron chi connectivity index (χ0n) is 12.9. The topological polar surface area (TPSA) is 32.3 Å². The molecule has 0 aliphatic carbocycles. The lowest BCUT2D eigenvalue weighted by Gasteiger charge is -2.23. The zero-order valence-corrected chi connectivity index (χ0v) is 12.9. The second-order valence-electron chi connectivity index (χ2n) is 5.93. The number of hydrogen-bond acceptors (Lipinski definition) is 2. The third-order valence-electron chi connectivity index (χ3n) is 3.65. The first-order valence-electron chi connectivity index (χ1n) is 7.68. The van der Waals surface area contributed by atoms with Gasteiger partial charge in [-0.15, -0.1) is 0 Å². The average Bonchev–Trinajstić information content (AvgIpc) is 2.52. The van der Waals surface area contributed by atoms with Crippen LogP contribution in [0.15, 0.2) is 60.7 Å². The van der Waals surface area contributed by atoms with E-state index in [9.17, 15) is 5.11 Å². The molecule has 0 aromatic heterocycles. The van der Waals surface area contributed by atoms with Crippen LogP contribution in [0.2, 0.25) is 0 Å². The van der Waals surface area contributed by atoms with E-state index in [1.165, 1.54) is 5.56 Å². The van der Waals surface area contributed by atoms with E-state index in [0.29, 0.717) is 12.5 Å². The fourth-order valence-corrected chi connectivity index (χ4v) is 2.54. The van der Waals surface area contributed by atoms with Gasteiger partial charge in [0.15, 0.2) is 0 Å². The summed E-state index contributed by atoms with van der Waals surface area (Å²) in [4.78, 5) is 0. The van der Waals surface area contributed by atoms with E-state index in [0.717, 1.165) is 12.0 Å². The minimum absolute atomic E-state index is 0.282. The Hall–Kier alpha value is -1.64. The van der Waals surface area contributed by atoms with Crippen LogP contribution in [0.25, 0.3) is 0 Å².